The van der Waals surface area contributed by atoms with Crippen LogP contribution in [0.2, 0.25) is 0 Å². The van der Waals surface area contributed by atoms with E-state index in [1.165, 1.54) is 0 Å². The number of carbonyl (C=O) groups excluding carboxylic acids is 1. The quantitative estimate of drug-likeness (QED) is 0.717. The molecular weight excluding hydrogens is 328 g/mol. The molecule has 0 radical (unpaired) electrons. The van der Waals surface area contributed by atoms with Crippen LogP contribution in [0, 0.1) is 6.92 Å². The van der Waals surface area contributed by atoms with E-state index in [4.69, 9.17) is 4.74 Å². The van der Waals surface area contributed by atoms with Gasteiger partial charge in [0.05, 0.1) is 10.2 Å². The Balaban J connectivity index is 1.68. The molecule has 3 aromatic rings. The molecule has 1 aromatic heterocycles. The third-order valence-electron chi connectivity index (χ3n) is 3.32. The number of benzene rings is 2. The van der Waals surface area contributed by atoms with E-state index in [1.54, 1.807) is 17.6 Å². The zero-order valence-corrected chi connectivity index (χ0v) is 14.5. The Morgan fingerprint density at radius 2 is 2.13 bits per heavy atom. The summed E-state index contributed by atoms with van der Waals surface area (Å²) >= 11 is 2.79. The summed E-state index contributed by atoms with van der Waals surface area (Å²) in [4.78, 5) is 16.0. The second kappa shape index (κ2) is 7.02. The third kappa shape index (κ3) is 3.83. The van der Waals surface area contributed by atoms with Crippen molar-refractivity contribution in [2.45, 2.75) is 13.5 Å². The number of anilines is 1. The first kappa shape index (κ1) is 15.8. The predicted octanol–water partition coefficient (Wildman–Crippen LogP) is 5.08. The van der Waals surface area contributed by atoms with Gasteiger partial charge in [0.2, 0.25) is 0 Å². The first-order valence-electron chi connectivity index (χ1n) is 7.08. The number of rotatable bonds is 4. The molecule has 0 bridgehead atoms. The van der Waals surface area contributed by atoms with Crippen molar-refractivity contribution in [3.63, 3.8) is 0 Å². The lowest BCUT2D eigenvalue weighted by atomic mass is 10.2. The van der Waals surface area contributed by atoms with Gasteiger partial charge in [-0.3, -0.25) is 4.79 Å². The number of ether oxygens (including phenoxy) is 1. The van der Waals surface area contributed by atoms with Crippen LogP contribution in [0.1, 0.15) is 10.6 Å². The molecule has 0 aliphatic carbocycles. The summed E-state index contributed by atoms with van der Waals surface area (Å²) in [6.07, 6.45) is 1.75. The summed E-state index contributed by atoms with van der Waals surface area (Å²) < 4.78 is 6.98. The number of para-hydroxylation sites is 1. The van der Waals surface area contributed by atoms with E-state index < -0.39 is 0 Å². The van der Waals surface area contributed by atoms with Crippen LogP contribution in [-0.2, 0) is 6.61 Å². The number of hydrogen-bond donors (Lipinski definition) is 1. The van der Waals surface area contributed by atoms with Crippen molar-refractivity contribution in [1.29, 1.82) is 0 Å². The monoisotopic (exact) mass is 344 g/mol. The summed E-state index contributed by atoms with van der Waals surface area (Å²) in [6.45, 7) is 2.38. The van der Waals surface area contributed by atoms with Gasteiger partial charge < -0.3 is 10.1 Å². The van der Waals surface area contributed by atoms with Crippen molar-refractivity contribution < 1.29 is 9.53 Å². The average Bonchev–Trinajstić information content (AvgIpc) is 2.98. The maximum Gasteiger partial charge on any atom is 0.283 e. The highest BCUT2D eigenvalue weighted by atomic mass is 32.2. The molecule has 1 amide bonds. The third-order valence-corrected chi connectivity index (χ3v) is 4.80. The molecule has 23 heavy (non-hydrogen) atoms. The van der Waals surface area contributed by atoms with E-state index in [-0.39, 0.29) is 5.24 Å². The second-order valence-corrected chi connectivity index (χ2v) is 6.85. The number of hydrogen-bond acceptors (Lipinski definition) is 5. The molecule has 0 saturated heterocycles. The molecule has 0 spiro atoms. The summed E-state index contributed by atoms with van der Waals surface area (Å²) in [5.74, 6) is 0.768. The smallest absolute Gasteiger partial charge is 0.283 e. The molecule has 6 heteroatoms. The van der Waals surface area contributed by atoms with Crippen molar-refractivity contribution >= 4 is 44.2 Å². The predicted molar refractivity (Wildman–Crippen MR) is 97.7 cm³/mol. The average molecular weight is 344 g/mol. The first-order chi connectivity index (χ1) is 11.2. The summed E-state index contributed by atoms with van der Waals surface area (Å²) in [5, 5.41) is 3.71. The van der Waals surface area contributed by atoms with Crippen LogP contribution in [0.4, 0.5) is 10.5 Å². The number of aryl methyl sites for hydroxylation is 1. The van der Waals surface area contributed by atoms with Gasteiger partial charge >= 0.3 is 0 Å². The molecule has 1 N–H and O–H groups in total. The van der Waals surface area contributed by atoms with Crippen molar-refractivity contribution in [2.75, 3.05) is 11.6 Å². The highest BCUT2D eigenvalue weighted by Gasteiger charge is 2.07. The number of nitrogens with zero attached hydrogens (tertiary/aromatic N) is 1. The lowest BCUT2D eigenvalue weighted by molar-refractivity contribution is 0.270. The van der Waals surface area contributed by atoms with Crippen molar-refractivity contribution in [3.05, 3.63) is 53.0 Å². The Morgan fingerprint density at radius 1 is 1.30 bits per heavy atom. The highest BCUT2D eigenvalue weighted by Crippen LogP contribution is 2.25. The lowest BCUT2D eigenvalue weighted by Gasteiger charge is -2.10. The van der Waals surface area contributed by atoms with E-state index >= 15 is 0 Å². The van der Waals surface area contributed by atoms with Gasteiger partial charge in [0.1, 0.15) is 17.4 Å². The number of aromatic nitrogens is 1. The molecule has 0 saturated carbocycles. The largest absolute Gasteiger partial charge is 0.486 e. The minimum Gasteiger partial charge on any atom is -0.486 e. The topological polar surface area (TPSA) is 51.2 Å². The minimum atomic E-state index is -0.0729. The van der Waals surface area contributed by atoms with E-state index in [0.717, 1.165) is 44.0 Å². The molecule has 4 nitrogen and oxygen atoms in total. The van der Waals surface area contributed by atoms with Crippen LogP contribution in [0.3, 0.4) is 0 Å². The fourth-order valence-electron chi connectivity index (χ4n) is 2.15. The number of carbonyl (C=O) groups is 1. The zero-order chi connectivity index (χ0) is 16.2. The molecule has 0 unspecified atom stereocenters. The van der Waals surface area contributed by atoms with Gasteiger partial charge in [-0.25, -0.2) is 4.98 Å². The Kier molecular flexibility index (Phi) is 4.83. The van der Waals surface area contributed by atoms with Gasteiger partial charge in [0.25, 0.3) is 5.24 Å². The number of nitrogens with one attached hydrogen (secondary N) is 1. The molecular formula is C17H16N2O2S2. The SMILES string of the molecule is CSC(=O)Nc1ccc(OCc2nc3ccccc3s2)cc1C. The van der Waals surface area contributed by atoms with Gasteiger partial charge in [-0.15, -0.1) is 11.3 Å². The summed E-state index contributed by atoms with van der Waals surface area (Å²) in [7, 11) is 0. The summed E-state index contributed by atoms with van der Waals surface area (Å²) in [5.41, 5.74) is 2.77. The Bertz CT molecular complexity index is 812. The standard InChI is InChI=1S/C17H16N2O2S2/c1-11-9-12(7-8-13(11)19-17(20)22-2)21-10-16-18-14-5-3-4-6-15(14)23-16/h3-9H,10H2,1-2H3,(H,19,20). The molecule has 3 rings (SSSR count). The maximum absolute atomic E-state index is 11.4. The van der Waals surface area contributed by atoms with Crippen molar-refractivity contribution in [2.24, 2.45) is 0 Å². The molecule has 2 aromatic carbocycles. The lowest BCUT2D eigenvalue weighted by Crippen LogP contribution is -2.05. The zero-order valence-electron chi connectivity index (χ0n) is 12.8. The van der Waals surface area contributed by atoms with Gasteiger partial charge in [-0.1, -0.05) is 23.9 Å². The van der Waals surface area contributed by atoms with E-state index in [9.17, 15) is 4.79 Å². The van der Waals surface area contributed by atoms with Crippen LogP contribution in [0.15, 0.2) is 42.5 Å². The molecule has 118 valence electrons. The van der Waals surface area contributed by atoms with Crippen molar-refractivity contribution in [3.8, 4) is 5.75 Å². The normalized spacial score (nSPS) is 10.7. The second-order valence-electron chi connectivity index (χ2n) is 4.96. The first-order valence-corrected chi connectivity index (χ1v) is 9.12. The van der Waals surface area contributed by atoms with E-state index in [0.29, 0.717) is 6.61 Å². The molecule has 0 atom stereocenters. The summed E-state index contributed by atoms with van der Waals surface area (Å²) in [6, 6.07) is 13.7. The molecule has 0 aliphatic rings. The Hall–Kier alpha value is -2.05. The van der Waals surface area contributed by atoms with Crippen molar-refractivity contribution in [1.82, 2.24) is 4.98 Å². The van der Waals surface area contributed by atoms with Gasteiger partial charge in [0.15, 0.2) is 0 Å². The van der Waals surface area contributed by atoms with Gasteiger partial charge in [0, 0.05) is 5.69 Å². The molecule has 1 heterocycles. The van der Waals surface area contributed by atoms with Gasteiger partial charge in [-0.2, -0.15) is 0 Å². The number of thioether (sulfide) groups is 1. The maximum atomic E-state index is 11.4. The Morgan fingerprint density at radius 3 is 2.87 bits per heavy atom. The van der Waals surface area contributed by atoms with Crippen LogP contribution in [0.25, 0.3) is 10.2 Å². The molecule has 0 fully saturated rings. The van der Waals surface area contributed by atoms with Crippen LogP contribution >= 0.6 is 23.1 Å². The highest BCUT2D eigenvalue weighted by molar-refractivity contribution is 8.13. The number of amides is 1. The van der Waals surface area contributed by atoms with E-state index in [2.05, 4.69) is 16.4 Å². The van der Waals surface area contributed by atoms with Crippen LogP contribution in [-0.4, -0.2) is 16.5 Å². The molecule has 0 aliphatic heterocycles. The van der Waals surface area contributed by atoms with Crippen LogP contribution in [0.5, 0.6) is 5.75 Å². The Labute approximate surface area is 142 Å². The van der Waals surface area contributed by atoms with Gasteiger partial charge in [-0.05, 0) is 49.1 Å². The number of fused-ring (bicyclic) bond motifs is 1. The number of thiazole rings is 1. The fourth-order valence-corrected chi connectivity index (χ4v) is 3.25. The fraction of sp³-hybridized carbons (Fsp3) is 0.176. The minimum absolute atomic E-state index is 0.0729. The van der Waals surface area contributed by atoms with E-state index in [1.807, 2.05) is 43.3 Å². The van der Waals surface area contributed by atoms with Crippen LogP contribution < -0.4 is 10.1 Å².